The summed E-state index contributed by atoms with van der Waals surface area (Å²) < 4.78 is 7.15. The van der Waals surface area contributed by atoms with E-state index in [1.807, 2.05) is 11.7 Å². The van der Waals surface area contributed by atoms with Crippen LogP contribution in [0.4, 0.5) is 0 Å². The second-order valence-electron chi connectivity index (χ2n) is 8.42. The van der Waals surface area contributed by atoms with Gasteiger partial charge in [-0.1, -0.05) is 13.8 Å². The molecule has 160 valence electrons. The maximum absolute atomic E-state index is 5.14. The average molecular weight is 504 g/mol. The van der Waals surface area contributed by atoms with Crippen LogP contribution >= 0.6 is 24.0 Å². The number of halogens is 1. The maximum Gasteiger partial charge on any atom is 0.191 e. The zero-order valence-electron chi connectivity index (χ0n) is 17.8. The topological polar surface area (TPSA) is 76.4 Å². The van der Waals surface area contributed by atoms with Crippen LogP contribution in [-0.4, -0.2) is 47.5 Å². The molecular weight excluding hydrogens is 467 g/mol. The summed E-state index contributed by atoms with van der Waals surface area (Å²) in [7, 11) is 3.53. The van der Waals surface area contributed by atoms with Crippen molar-refractivity contribution in [3.8, 4) is 0 Å². The van der Waals surface area contributed by atoms with Gasteiger partial charge < -0.3 is 15.4 Å². The summed E-state index contributed by atoms with van der Waals surface area (Å²) in [5.41, 5.74) is 0. The van der Waals surface area contributed by atoms with Crippen LogP contribution in [0.3, 0.4) is 0 Å². The first-order chi connectivity index (χ1) is 13.1. The van der Waals surface area contributed by atoms with Gasteiger partial charge in [-0.25, -0.2) is 9.67 Å². The van der Waals surface area contributed by atoms with Crippen LogP contribution in [0.5, 0.6) is 0 Å². The zero-order valence-corrected chi connectivity index (χ0v) is 20.1. The summed E-state index contributed by atoms with van der Waals surface area (Å²) in [6, 6.07) is 0.331. The van der Waals surface area contributed by atoms with Gasteiger partial charge in [-0.3, -0.25) is 4.99 Å². The molecule has 3 rings (SSSR count). The van der Waals surface area contributed by atoms with Gasteiger partial charge in [0.1, 0.15) is 12.4 Å². The Kier molecular flexibility index (Phi) is 9.46. The van der Waals surface area contributed by atoms with E-state index in [0.29, 0.717) is 12.6 Å². The molecule has 2 N–H and O–H groups in total. The van der Waals surface area contributed by atoms with E-state index in [1.54, 1.807) is 7.11 Å². The third kappa shape index (κ3) is 6.30. The van der Waals surface area contributed by atoms with Crippen LogP contribution in [0.1, 0.15) is 57.6 Å². The van der Waals surface area contributed by atoms with Crippen molar-refractivity contribution in [2.45, 2.75) is 71.6 Å². The fourth-order valence-electron chi connectivity index (χ4n) is 4.36. The van der Waals surface area contributed by atoms with Gasteiger partial charge in [0.25, 0.3) is 0 Å². The molecule has 2 heterocycles. The van der Waals surface area contributed by atoms with Gasteiger partial charge in [0.05, 0.1) is 6.54 Å². The predicted molar refractivity (Wildman–Crippen MR) is 123 cm³/mol. The molecule has 1 unspecified atom stereocenters. The second-order valence-corrected chi connectivity index (χ2v) is 8.42. The molecule has 0 bridgehead atoms. The SMILES string of the molecule is CN=C(NCC1CCC(C(C)C)CC1)NC1CCc2nc(COC)nn2C1.I. The van der Waals surface area contributed by atoms with Crippen molar-refractivity contribution in [1.82, 2.24) is 25.4 Å². The number of aromatic nitrogens is 3. The Morgan fingerprint density at radius 1 is 1.25 bits per heavy atom. The van der Waals surface area contributed by atoms with Crippen molar-refractivity contribution in [3.63, 3.8) is 0 Å². The van der Waals surface area contributed by atoms with Gasteiger partial charge >= 0.3 is 0 Å². The second kappa shape index (κ2) is 11.3. The number of nitrogens with zero attached hydrogens (tertiary/aromatic N) is 4. The van der Waals surface area contributed by atoms with Crippen LogP contribution in [0, 0.1) is 17.8 Å². The first-order valence-corrected chi connectivity index (χ1v) is 10.5. The highest BCUT2D eigenvalue weighted by atomic mass is 127. The van der Waals surface area contributed by atoms with Crippen molar-refractivity contribution in [1.29, 1.82) is 0 Å². The van der Waals surface area contributed by atoms with Crippen molar-refractivity contribution in [2.75, 3.05) is 20.7 Å². The summed E-state index contributed by atoms with van der Waals surface area (Å²) in [6.45, 7) is 7.03. The lowest BCUT2D eigenvalue weighted by Gasteiger charge is -2.31. The molecule has 7 nitrogen and oxygen atoms in total. The highest BCUT2D eigenvalue weighted by molar-refractivity contribution is 14.0. The number of hydrogen-bond acceptors (Lipinski definition) is 4. The van der Waals surface area contributed by atoms with E-state index in [-0.39, 0.29) is 24.0 Å². The zero-order chi connectivity index (χ0) is 19.2. The molecule has 28 heavy (non-hydrogen) atoms. The summed E-state index contributed by atoms with van der Waals surface area (Å²) >= 11 is 0. The highest BCUT2D eigenvalue weighted by Crippen LogP contribution is 2.32. The number of fused-ring (bicyclic) bond motifs is 1. The third-order valence-corrected chi connectivity index (χ3v) is 6.13. The number of nitrogens with one attached hydrogen (secondary N) is 2. The van der Waals surface area contributed by atoms with Gasteiger partial charge in [0.2, 0.25) is 0 Å². The van der Waals surface area contributed by atoms with E-state index in [0.717, 1.165) is 61.3 Å². The lowest BCUT2D eigenvalue weighted by Crippen LogP contribution is -2.48. The van der Waals surface area contributed by atoms with E-state index < -0.39 is 0 Å². The fraction of sp³-hybridized carbons (Fsp3) is 0.850. The molecule has 8 heteroatoms. The molecule has 1 aliphatic carbocycles. The Morgan fingerprint density at radius 2 is 2.00 bits per heavy atom. The minimum atomic E-state index is 0. The summed E-state index contributed by atoms with van der Waals surface area (Å²) in [5.74, 6) is 5.25. The van der Waals surface area contributed by atoms with E-state index in [9.17, 15) is 0 Å². The first kappa shape index (κ1) is 23.4. The van der Waals surface area contributed by atoms with Crippen LogP contribution in [0.15, 0.2) is 4.99 Å². The molecular formula is C20H37IN6O. The van der Waals surface area contributed by atoms with Crippen LogP contribution in [-0.2, 0) is 24.3 Å². The number of ether oxygens (including phenoxy) is 1. The Labute approximate surface area is 186 Å². The molecule has 2 aliphatic rings. The quantitative estimate of drug-likeness (QED) is 0.354. The van der Waals surface area contributed by atoms with E-state index in [4.69, 9.17) is 4.74 Å². The molecule has 1 aliphatic heterocycles. The molecule has 0 saturated heterocycles. The van der Waals surface area contributed by atoms with Gasteiger partial charge in [-0.05, 0) is 49.9 Å². The summed E-state index contributed by atoms with van der Waals surface area (Å²) in [4.78, 5) is 8.97. The Balaban J connectivity index is 0.00000280. The largest absolute Gasteiger partial charge is 0.377 e. The van der Waals surface area contributed by atoms with Gasteiger partial charge in [-0.15, -0.1) is 24.0 Å². The lowest BCUT2D eigenvalue weighted by molar-refractivity contribution is 0.177. The molecule has 1 fully saturated rings. The lowest BCUT2D eigenvalue weighted by atomic mass is 9.77. The molecule has 1 aromatic heterocycles. The summed E-state index contributed by atoms with van der Waals surface area (Å²) in [6.07, 6.45) is 7.40. The smallest absolute Gasteiger partial charge is 0.191 e. The van der Waals surface area contributed by atoms with E-state index in [2.05, 4.69) is 39.6 Å². The third-order valence-electron chi connectivity index (χ3n) is 6.13. The predicted octanol–water partition coefficient (Wildman–Crippen LogP) is 2.98. The molecule has 1 atom stereocenters. The number of hydrogen-bond donors (Lipinski definition) is 2. The standard InChI is InChI=1S/C20H36N6O.HI/c1-14(2)16-7-5-15(6-8-16)11-22-20(21-3)23-17-9-10-19-24-18(13-27-4)25-26(19)12-17;/h14-17H,5-13H2,1-4H3,(H2,21,22,23);1H. The Morgan fingerprint density at radius 3 is 2.64 bits per heavy atom. The molecule has 0 spiro atoms. The number of guanidine groups is 1. The van der Waals surface area contributed by atoms with Gasteiger partial charge in [-0.2, -0.15) is 5.10 Å². The van der Waals surface area contributed by atoms with Crippen molar-refractivity contribution < 1.29 is 4.74 Å². The van der Waals surface area contributed by atoms with Crippen LogP contribution < -0.4 is 10.6 Å². The number of aliphatic imine (C=N–C) groups is 1. The molecule has 0 amide bonds. The fourth-order valence-corrected chi connectivity index (χ4v) is 4.36. The highest BCUT2D eigenvalue weighted by Gasteiger charge is 2.25. The van der Waals surface area contributed by atoms with Gasteiger partial charge in [0.15, 0.2) is 11.8 Å². The molecule has 0 aromatic carbocycles. The normalized spacial score (nSPS) is 25.2. The molecule has 1 saturated carbocycles. The van der Waals surface area contributed by atoms with E-state index >= 15 is 0 Å². The van der Waals surface area contributed by atoms with Crippen molar-refractivity contribution in [2.24, 2.45) is 22.7 Å². The Bertz CT molecular complexity index is 624. The van der Waals surface area contributed by atoms with E-state index in [1.165, 1.54) is 25.7 Å². The minimum absolute atomic E-state index is 0. The number of methoxy groups -OCH3 is 1. The Hall–Kier alpha value is -0.900. The molecule has 1 aromatic rings. The average Bonchev–Trinajstić information content (AvgIpc) is 3.07. The summed E-state index contributed by atoms with van der Waals surface area (Å²) in [5, 5.41) is 11.7. The first-order valence-electron chi connectivity index (χ1n) is 10.5. The number of aryl methyl sites for hydroxylation is 1. The minimum Gasteiger partial charge on any atom is -0.377 e. The van der Waals surface area contributed by atoms with Crippen molar-refractivity contribution in [3.05, 3.63) is 11.6 Å². The van der Waals surface area contributed by atoms with Gasteiger partial charge in [0, 0.05) is 33.2 Å². The molecule has 0 radical (unpaired) electrons. The monoisotopic (exact) mass is 504 g/mol. The van der Waals surface area contributed by atoms with Crippen molar-refractivity contribution >= 4 is 29.9 Å². The van der Waals surface area contributed by atoms with Crippen LogP contribution in [0.2, 0.25) is 0 Å². The van der Waals surface area contributed by atoms with Crippen LogP contribution in [0.25, 0.3) is 0 Å². The maximum atomic E-state index is 5.14. The number of rotatable bonds is 6.